The van der Waals surface area contributed by atoms with Crippen molar-refractivity contribution < 1.29 is 4.79 Å². The fourth-order valence-corrected chi connectivity index (χ4v) is 0.765. The van der Waals surface area contributed by atoms with Crippen molar-refractivity contribution in [2.45, 2.75) is 25.8 Å². The maximum atomic E-state index is 10.4. The number of primary amides is 1. The van der Waals surface area contributed by atoms with Crippen LogP contribution in [0.25, 0.3) is 0 Å². The Morgan fingerprint density at radius 3 is 2.91 bits per heavy atom. The second kappa shape index (κ2) is 5.75. The molecule has 0 rings (SSSR count). The summed E-state index contributed by atoms with van der Waals surface area (Å²) in [4.78, 5) is 10.4. The van der Waals surface area contributed by atoms with Crippen LogP contribution in [-0.4, -0.2) is 18.5 Å². The number of rotatable bonds is 5. The predicted octanol–water partition coefficient (Wildman–Crippen LogP) is -0.137. The van der Waals surface area contributed by atoms with Gasteiger partial charge in [0.25, 0.3) is 0 Å². The molecule has 0 aromatic rings. The van der Waals surface area contributed by atoms with E-state index in [0.29, 0.717) is 12.8 Å². The second-order valence-electron chi connectivity index (χ2n) is 2.48. The molecule has 3 nitrogen and oxygen atoms in total. The smallest absolute Gasteiger partial charge is 0.218 e. The van der Waals surface area contributed by atoms with E-state index in [2.05, 4.69) is 11.2 Å². The molecule has 0 aliphatic carbocycles. The second-order valence-corrected chi connectivity index (χ2v) is 2.48. The van der Waals surface area contributed by atoms with Crippen molar-refractivity contribution in [3.8, 4) is 12.3 Å². The summed E-state index contributed by atoms with van der Waals surface area (Å²) in [5.41, 5.74) is 4.98. The fourth-order valence-electron chi connectivity index (χ4n) is 0.765. The van der Waals surface area contributed by atoms with Gasteiger partial charge in [0, 0.05) is 25.4 Å². The summed E-state index contributed by atoms with van der Waals surface area (Å²) < 4.78 is 0. The van der Waals surface area contributed by atoms with Crippen molar-refractivity contribution in [3.63, 3.8) is 0 Å². The van der Waals surface area contributed by atoms with Crippen LogP contribution < -0.4 is 11.1 Å². The predicted molar refractivity (Wildman–Crippen MR) is 44.7 cm³/mol. The zero-order valence-corrected chi connectivity index (χ0v) is 6.76. The van der Waals surface area contributed by atoms with Gasteiger partial charge in [-0.1, -0.05) is 0 Å². The van der Waals surface area contributed by atoms with Gasteiger partial charge in [0.1, 0.15) is 0 Å². The van der Waals surface area contributed by atoms with Gasteiger partial charge in [0.15, 0.2) is 0 Å². The summed E-state index contributed by atoms with van der Waals surface area (Å²) in [5, 5.41) is 3.07. The minimum Gasteiger partial charge on any atom is -0.370 e. The van der Waals surface area contributed by atoms with E-state index in [9.17, 15) is 4.79 Å². The molecule has 0 fully saturated rings. The molecule has 1 unspecified atom stereocenters. The van der Waals surface area contributed by atoms with Crippen LogP contribution >= 0.6 is 0 Å². The molecule has 0 saturated carbocycles. The van der Waals surface area contributed by atoms with Gasteiger partial charge in [-0.25, -0.2) is 0 Å². The average molecular weight is 154 g/mol. The highest BCUT2D eigenvalue weighted by molar-refractivity contribution is 5.74. The normalized spacial score (nSPS) is 12.0. The van der Waals surface area contributed by atoms with Crippen LogP contribution in [0.3, 0.4) is 0 Å². The van der Waals surface area contributed by atoms with Crippen molar-refractivity contribution in [3.05, 3.63) is 0 Å². The van der Waals surface area contributed by atoms with E-state index in [4.69, 9.17) is 12.2 Å². The summed E-state index contributed by atoms with van der Waals surface area (Å²) in [6.07, 6.45) is 6.08. The summed E-state index contributed by atoms with van der Waals surface area (Å²) in [5.74, 6) is 2.21. The quantitative estimate of drug-likeness (QED) is 0.428. The van der Waals surface area contributed by atoms with Gasteiger partial charge in [-0.15, -0.1) is 12.3 Å². The van der Waals surface area contributed by atoms with Crippen LogP contribution in [0.15, 0.2) is 0 Å². The molecule has 0 bridgehead atoms. The number of carbonyl (C=O) groups excluding carboxylic acids is 1. The molecule has 0 radical (unpaired) electrons. The molecule has 1 atom stereocenters. The number of carbonyl (C=O) groups is 1. The first-order chi connectivity index (χ1) is 5.16. The molecule has 0 heterocycles. The maximum Gasteiger partial charge on any atom is 0.218 e. The Morgan fingerprint density at radius 1 is 1.82 bits per heavy atom. The highest BCUT2D eigenvalue weighted by Gasteiger charge is 2.02. The van der Waals surface area contributed by atoms with Gasteiger partial charge in [-0.05, 0) is 6.92 Å². The molecular weight excluding hydrogens is 140 g/mol. The van der Waals surface area contributed by atoms with E-state index in [1.54, 1.807) is 0 Å². The lowest BCUT2D eigenvalue weighted by molar-refractivity contribution is -0.118. The molecule has 1 amide bonds. The molecule has 0 aromatic heterocycles. The lowest BCUT2D eigenvalue weighted by atomic mass is 10.2. The molecule has 0 spiro atoms. The third-order valence-corrected chi connectivity index (χ3v) is 1.27. The van der Waals surface area contributed by atoms with Crippen molar-refractivity contribution in [1.82, 2.24) is 5.32 Å². The highest BCUT2D eigenvalue weighted by atomic mass is 16.1. The fraction of sp³-hybridized carbons (Fsp3) is 0.625. The van der Waals surface area contributed by atoms with E-state index < -0.39 is 0 Å². The zero-order valence-electron chi connectivity index (χ0n) is 6.76. The molecular formula is C8H14N2O. The molecule has 0 saturated heterocycles. The summed E-state index contributed by atoms with van der Waals surface area (Å²) in [7, 11) is 0. The first-order valence-corrected chi connectivity index (χ1v) is 3.62. The van der Waals surface area contributed by atoms with Crippen molar-refractivity contribution in [1.29, 1.82) is 0 Å². The molecule has 0 aliphatic heterocycles. The SMILES string of the molecule is C#CCCNC(C)CC(N)=O. The lowest BCUT2D eigenvalue weighted by Crippen LogP contribution is -2.31. The standard InChI is InChI=1S/C8H14N2O/c1-3-4-5-10-7(2)6-8(9)11/h1,7,10H,4-6H2,2H3,(H2,9,11). The van der Waals surface area contributed by atoms with Gasteiger partial charge < -0.3 is 11.1 Å². The van der Waals surface area contributed by atoms with Crippen LogP contribution in [0.2, 0.25) is 0 Å². The Kier molecular flexibility index (Phi) is 5.22. The van der Waals surface area contributed by atoms with Crippen molar-refractivity contribution in [2.75, 3.05) is 6.54 Å². The Bertz CT molecular complexity index is 160. The Hall–Kier alpha value is -1.01. The third kappa shape index (κ3) is 6.88. The van der Waals surface area contributed by atoms with Crippen LogP contribution in [0, 0.1) is 12.3 Å². The summed E-state index contributed by atoms with van der Waals surface area (Å²) in [6, 6.07) is 0.126. The zero-order chi connectivity index (χ0) is 8.69. The molecule has 0 aromatic carbocycles. The minimum atomic E-state index is -0.286. The van der Waals surface area contributed by atoms with E-state index >= 15 is 0 Å². The van der Waals surface area contributed by atoms with E-state index in [0.717, 1.165) is 6.54 Å². The molecule has 0 aliphatic rings. The van der Waals surface area contributed by atoms with Crippen LogP contribution in [-0.2, 0) is 4.79 Å². The first-order valence-electron chi connectivity index (χ1n) is 3.62. The Balaban J connectivity index is 3.31. The third-order valence-electron chi connectivity index (χ3n) is 1.27. The van der Waals surface area contributed by atoms with Gasteiger partial charge >= 0.3 is 0 Å². The van der Waals surface area contributed by atoms with Crippen LogP contribution in [0.4, 0.5) is 0 Å². The van der Waals surface area contributed by atoms with Gasteiger partial charge in [-0.3, -0.25) is 4.79 Å². The number of terminal acetylenes is 1. The van der Waals surface area contributed by atoms with E-state index in [-0.39, 0.29) is 11.9 Å². The Labute approximate surface area is 67.3 Å². The number of hydrogen-bond donors (Lipinski definition) is 2. The monoisotopic (exact) mass is 154 g/mol. The van der Waals surface area contributed by atoms with Gasteiger partial charge in [0.2, 0.25) is 5.91 Å². The van der Waals surface area contributed by atoms with Crippen LogP contribution in [0.5, 0.6) is 0 Å². The minimum absolute atomic E-state index is 0.126. The summed E-state index contributed by atoms with van der Waals surface area (Å²) >= 11 is 0. The van der Waals surface area contributed by atoms with Crippen molar-refractivity contribution >= 4 is 5.91 Å². The number of amides is 1. The number of nitrogens with one attached hydrogen (secondary N) is 1. The molecule has 3 N–H and O–H groups in total. The average Bonchev–Trinajstić information content (AvgIpc) is 1.86. The first kappa shape index (κ1) is 9.99. The number of nitrogens with two attached hydrogens (primary N) is 1. The molecule has 11 heavy (non-hydrogen) atoms. The topological polar surface area (TPSA) is 55.1 Å². The lowest BCUT2D eigenvalue weighted by Gasteiger charge is -2.09. The molecule has 62 valence electrons. The van der Waals surface area contributed by atoms with Crippen LogP contribution in [0.1, 0.15) is 19.8 Å². The van der Waals surface area contributed by atoms with E-state index in [1.807, 2.05) is 6.92 Å². The van der Waals surface area contributed by atoms with Gasteiger partial charge in [-0.2, -0.15) is 0 Å². The van der Waals surface area contributed by atoms with Gasteiger partial charge in [0.05, 0.1) is 0 Å². The van der Waals surface area contributed by atoms with E-state index in [1.165, 1.54) is 0 Å². The number of hydrogen-bond acceptors (Lipinski definition) is 2. The maximum absolute atomic E-state index is 10.4. The largest absolute Gasteiger partial charge is 0.370 e. The highest BCUT2D eigenvalue weighted by Crippen LogP contribution is 1.88. The van der Waals surface area contributed by atoms with Crippen molar-refractivity contribution in [2.24, 2.45) is 5.73 Å². The molecule has 3 heteroatoms. The summed E-state index contributed by atoms with van der Waals surface area (Å²) in [6.45, 7) is 2.65. The Morgan fingerprint density at radius 2 is 2.45 bits per heavy atom.